The highest BCUT2D eigenvalue weighted by molar-refractivity contribution is 9.10. The lowest BCUT2D eigenvalue weighted by Crippen LogP contribution is -2.22. The lowest BCUT2D eigenvalue weighted by molar-refractivity contribution is -0.115. The van der Waals surface area contributed by atoms with Crippen LogP contribution in [0.25, 0.3) is 0 Å². The van der Waals surface area contributed by atoms with Crippen LogP contribution in [0.3, 0.4) is 0 Å². The van der Waals surface area contributed by atoms with E-state index in [1.54, 1.807) is 42.5 Å². The van der Waals surface area contributed by atoms with E-state index in [-0.39, 0.29) is 11.8 Å². The van der Waals surface area contributed by atoms with Crippen LogP contribution in [0, 0.1) is 0 Å². The van der Waals surface area contributed by atoms with E-state index in [0.717, 1.165) is 9.35 Å². The topological polar surface area (TPSA) is 58.2 Å². The number of amides is 2. The quantitative estimate of drug-likeness (QED) is 0.845. The van der Waals surface area contributed by atoms with Crippen molar-refractivity contribution in [2.75, 3.05) is 5.32 Å². The van der Waals surface area contributed by atoms with Crippen molar-refractivity contribution in [3.05, 3.63) is 50.6 Å². The van der Waals surface area contributed by atoms with Crippen molar-refractivity contribution < 1.29 is 9.59 Å². The van der Waals surface area contributed by atoms with Crippen molar-refractivity contribution in [3.63, 3.8) is 0 Å². The Bertz CT molecular complexity index is 655. The van der Waals surface area contributed by atoms with Crippen molar-refractivity contribution >= 4 is 44.8 Å². The highest BCUT2D eigenvalue weighted by Crippen LogP contribution is 2.19. The summed E-state index contributed by atoms with van der Waals surface area (Å²) in [6, 6.07) is 8.89. The summed E-state index contributed by atoms with van der Waals surface area (Å²) in [5.74, 6) is -0.233. The van der Waals surface area contributed by atoms with E-state index >= 15 is 0 Å². The summed E-state index contributed by atoms with van der Waals surface area (Å²) in [5.41, 5.74) is 1.16. The van der Waals surface area contributed by atoms with Gasteiger partial charge in [-0.3, -0.25) is 9.59 Å². The first-order chi connectivity index (χ1) is 10.1. The lowest BCUT2D eigenvalue weighted by Gasteiger charge is -2.07. The molecule has 1 heterocycles. The van der Waals surface area contributed by atoms with Crippen LogP contribution in [0.1, 0.15) is 28.6 Å². The van der Waals surface area contributed by atoms with Crippen molar-refractivity contribution in [2.45, 2.75) is 19.9 Å². The Hall–Kier alpha value is -1.66. The number of hydrogen-bond acceptors (Lipinski definition) is 3. The smallest absolute Gasteiger partial charge is 0.251 e. The Morgan fingerprint density at radius 3 is 2.76 bits per heavy atom. The second-order valence-electron chi connectivity index (χ2n) is 4.40. The summed E-state index contributed by atoms with van der Waals surface area (Å²) >= 11 is 4.96. The fourth-order valence-corrected chi connectivity index (χ4v) is 3.09. The van der Waals surface area contributed by atoms with Gasteiger partial charge in [-0.1, -0.05) is 13.0 Å². The molecule has 0 saturated heterocycles. The normalized spacial score (nSPS) is 10.2. The molecule has 0 aliphatic heterocycles. The fraction of sp³-hybridized carbons (Fsp3) is 0.200. The summed E-state index contributed by atoms with van der Waals surface area (Å²) < 4.78 is 1.01. The van der Waals surface area contributed by atoms with Crippen LogP contribution < -0.4 is 10.6 Å². The molecular weight excluding hydrogens is 352 g/mol. The lowest BCUT2D eigenvalue weighted by atomic mass is 10.2. The van der Waals surface area contributed by atoms with E-state index in [1.165, 1.54) is 0 Å². The third-order valence-corrected chi connectivity index (χ3v) is 4.47. The van der Waals surface area contributed by atoms with E-state index in [0.29, 0.717) is 24.2 Å². The molecule has 2 N–H and O–H groups in total. The standard InChI is InChI=1S/C15H15BrN2O2S/c1-2-14(19)18-12-5-3-4-10(6-12)15(20)17-8-13-7-11(16)9-21-13/h3-7,9H,2,8H2,1H3,(H,17,20)(H,18,19). The number of anilines is 1. The zero-order valence-electron chi connectivity index (χ0n) is 11.5. The molecule has 21 heavy (non-hydrogen) atoms. The monoisotopic (exact) mass is 366 g/mol. The first kappa shape index (κ1) is 15.7. The molecule has 0 bridgehead atoms. The number of carbonyl (C=O) groups excluding carboxylic acids is 2. The number of halogens is 1. The van der Waals surface area contributed by atoms with E-state index in [4.69, 9.17) is 0 Å². The molecule has 0 radical (unpaired) electrons. The van der Waals surface area contributed by atoms with E-state index < -0.39 is 0 Å². The second-order valence-corrected chi connectivity index (χ2v) is 6.31. The minimum Gasteiger partial charge on any atom is -0.347 e. The number of rotatable bonds is 5. The first-order valence-electron chi connectivity index (χ1n) is 6.49. The minimum absolute atomic E-state index is 0.0732. The Morgan fingerprint density at radius 2 is 2.10 bits per heavy atom. The molecule has 6 heteroatoms. The third kappa shape index (κ3) is 4.68. The second kappa shape index (κ2) is 7.38. The van der Waals surface area contributed by atoms with E-state index in [9.17, 15) is 9.59 Å². The summed E-state index contributed by atoms with van der Waals surface area (Å²) in [4.78, 5) is 24.5. The average Bonchev–Trinajstić information content (AvgIpc) is 2.90. The van der Waals surface area contributed by atoms with Crippen LogP contribution in [0.2, 0.25) is 0 Å². The maximum Gasteiger partial charge on any atom is 0.251 e. The molecular formula is C15H15BrN2O2S. The van der Waals surface area contributed by atoms with Gasteiger partial charge < -0.3 is 10.6 Å². The molecule has 0 spiro atoms. The Kier molecular flexibility index (Phi) is 5.52. The van der Waals surface area contributed by atoms with Crippen LogP contribution in [0.4, 0.5) is 5.69 Å². The number of thiophene rings is 1. The number of nitrogens with one attached hydrogen (secondary N) is 2. The molecule has 110 valence electrons. The van der Waals surface area contributed by atoms with Gasteiger partial charge in [0.15, 0.2) is 0 Å². The van der Waals surface area contributed by atoms with Crippen molar-refractivity contribution in [1.29, 1.82) is 0 Å². The van der Waals surface area contributed by atoms with E-state index in [1.807, 2.05) is 11.4 Å². The SMILES string of the molecule is CCC(=O)Nc1cccc(C(=O)NCc2cc(Br)cs2)c1. The zero-order valence-corrected chi connectivity index (χ0v) is 13.9. The Morgan fingerprint density at radius 1 is 1.29 bits per heavy atom. The Labute approximate surface area is 135 Å². The summed E-state index contributed by atoms with van der Waals surface area (Å²) in [7, 11) is 0. The molecule has 4 nitrogen and oxygen atoms in total. The van der Waals surface area contributed by atoms with Gasteiger partial charge in [0.2, 0.25) is 5.91 Å². The van der Waals surface area contributed by atoms with Crippen LogP contribution in [0.15, 0.2) is 40.2 Å². The number of hydrogen-bond donors (Lipinski definition) is 2. The minimum atomic E-state index is -0.160. The molecule has 1 aromatic heterocycles. The number of carbonyl (C=O) groups is 2. The molecule has 0 unspecified atom stereocenters. The highest BCUT2D eigenvalue weighted by Gasteiger charge is 2.08. The van der Waals surface area contributed by atoms with Gasteiger partial charge in [0.05, 0.1) is 6.54 Å². The van der Waals surface area contributed by atoms with E-state index in [2.05, 4.69) is 26.6 Å². The molecule has 2 rings (SSSR count). The largest absolute Gasteiger partial charge is 0.347 e. The molecule has 2 amide bonds. The molecule has 1 aromatic carbocycles. The van der Waals surface area contributed by atoms with Gasteiger partial charge in [0.1, 0.15) is 0 Å². The summed E-state index contributed by atoms with van der Waals surface area (Å²) in [6.45, 7) is 2.27. The molecule has 0 fully saturated rings. The van der Waals surface area contributed by atoms with Crippen molar-refractivity contribution in [3.8, 4) is 0 Å². The third-order valence-electron chi connectivity index (χ3n) is 2.77. The molecule has 0 atom stereocenters. The predicted molar refractivity (Wildman–Crippen MR) is 88.6 cm³/mol. The van der Waals surface area contributed by atoms with Gasteiger partial charge in [-0.05, 0) is 40.2 Å². The van der Waals surface area contributed by atoms with Crippen LogP contribution in [-0.2, 0) is 11.3 Å². The van der Waals surface area contributed by atoms with Gasteiger partial charge >= 0.3 is 0 Å². The average molecular weight is 367 g/mol. The van der Waals surface area contributed by atoms with Gasteiger partial charge in [-0.25, -0.2) is 0 Å². The zero-order chi connectivity index (χ0) is 15.2. The molecule has 0 aliphatic rings. The van der Waals surface area contributed by atoms with Gasteiger partial charge in [0.25, 0.3) is 5.91 Å². The summed E-state index contributed by atoms with van der Waals surface area (Å²) in [6.07, 6.45) is 0.406. The van der Waals surface area contributed by atoms with Crippen LogP contribution >= 0.6 is 27.3 Å². The van der Waals surface area contributed by atoms with Crippen LogP contribution in [0.5, 0.6) is 0 Å². The molecule has 0 saturated carbocycles. The maximum atomic E-state index is 12.1. The van der Waals surface area contributed by atoms with Gasteiger partial charge in [-0.15, -0.1) is 11.3 Å². The number of benzene rings is 1. The molecule has 2 aromatic rings. The molecule has 0 aliphatic carbocycles. The Balaban J connectivity index is 1.98. The maximum absolute atomic E-state index is 12.1. The van der Waals surface area contributed by atoms with Gasteiger partial charge in [-0.2, -0.15) is 0 Å². The summed E-state index contributed by atoms with van der Waals surface area (Å²) in [5, 5.41) is 7.58. The van der Waals surface area contributed by atoms with Crippen LogP contribution in [-0.4, -0.2) is 11.8 Å². The predicted octanol–water partition coefficient (Wildman–Crippen LogP) is 3.79. The highest BCUT2D eigenvalue weighted by atomic mass is 79.9. The van der Waals surface area contributed by atoms with Crippen molar-refractivity contribution in [2.24, 2.45) is 0 Å². The first-order valence-corrected chi connectivity index (χ1v) is 8.16. The fourth-order valence-electron chi connectivity index (χ4n) is 1.70. The van der Waals surface area contributed by atoms with Crippen molar-refractivity contribution in [1.82, 2.24) is 5.32 Å². The van der Waals surface area contributed by atoms with Gasteiger partial charge in [0, 0.05) is 32.4 Å².